The van der Waals surface area contributed by atoms with E-state index >= 15 is 0 Å². The lowest BCUT2D eigenvalue weighted by atomic mass is 9.78. The minimum atomic E-state index is 0.566. The molecule has 2 aromatic rings. The molecule has 0 atom stereocenters. The zero-order valence-electron chi connectivity index (χ0n) is 22.8. The lowest BCUT2D eigenvalue weighted by Gasteiger charge is -2.26. The van der Waals surface area contributed by atoms with Crippen LogP contribution in [0.25, 0.3) is 0 Å². The highest BCUT2D eigenvalue weighted by Gasteiger charge is 2.21. The quantitative estimate of drug-likeness (QED) is 0.190. The highest BCUT2D eigenvalue weighted by Crippen LogP contribution is 2.35. The van der Waals surface area contributed by atoms with Crippen molar-refractivity contribution in [1.29, 1.82) is 0 Å². The van der Waals surface area contributed by atoms with Gasteiger partial charge in [-0.25, -0.2) is 0 Å². The van der Waals surface area contributed by atoms with Crippen molar-refractivity contribution in [2.75, 3.05) is 0 Å². The van der Waals surface area contributed by atoms with Crippen LogP contribution in [0.3, 0.4) is 0 Å². The maximum absolute atomic E-state index is 3.60. The summed E-state index contributed by atoms with van der Waals surface area (Å²) in [7, 11) is 0. The number of aryl methyl sites for hydroxylation is 2. The fourth-order valence-corrected chi connectivity index (χ4v) is 5.51. The molecule has 190 valence electrons. The van der Waals surface area contributed by atoms with Crippen LogP contribution in [-0.4, -0.2) is 0 Å². The molecule has 3 rings (SSSR count). The Morgan fingerprint density at radius 2 is 1.06 bits per heavy atom. The van der Waals surface area contributed by atoms with Crippen LogP contribution >= 0.6 is 0 Å². The third-order valence-electron chi connectivity index (χ3n) is 7.94. The summed E-state index contributed by atoms with van der Waals surface area (Å²) >= 11 is 0. The van der Waals surface area contributed by atoms with Gasteiger partial charge in [0.25, 0.3) is 0 Å². The summed E-state index contributed by atoms with van der Waals surface area (Å²) < 4.78 is 0. The second kappa shape index (κ2) is 16.6. The van der Waals surface area contributed by atoms with Gasteiger partial charge in [-0.15, -0.1) is 0 Å². The minimum absolute atomic E-state index is 0.566. The van der Waals surface area contributed by atoms with Crippen molar-refractivity contribution < 1.29 is 0 Å². The van der Waals surface area contributed by atoms with Crippen LogP contribution in [0.2, 0.25) is 0 Å². The summed E-state index contributed by atoms with van der Waals surface area (Å²) in [5.74, 6) is 8.37. The molecule has 0 saturated heterocycles. The Morgan fingerprint density at radius 1 is 0.571 bits per heavy atom. The highest BCUT2D eigenvalue weighted by molar-refractivity contribution is 5.37. The summed E-state index contributed by atoms with van der Waals surface area (Å²) in [4.78, 5) is 0. The third-order valence-corrected chi connectivity index (χ3v) is 7.94. The van der Waals surface area contributed by atoms with Crippen LogP contribution in [0.1, 0.15) is 138 Å². The first-order valence-electron chi connectivity index (χ1n) is 15.0. The number of rotatable bonds is 14. The summed E-state index contributed by atoms with van der Waals surface area (Å²) in [5.41, 5.74) is 5.72. The van der Waals surface area contributed by atoms with Gasteiger partial charge in [-0.2, -0.15) is 0 Å². The second-order valence-corrected chi connectivity index (χ2v) is 10.9. The van der Waals surface area contributed by atoms with Gasteiger partial charge in [0, 0.05) is 11.5 Å². The van der Waals surface area contributed by atoms with E-state index in [-0.39, 0.29) is 0 Å². The fraction of sp³-hybridized carbons (Fsp3) is 0.600. The summed E-state index contributed by atoms with van der Waals surface area (Å²) in [6.45, 7) is 4.57. The van der Waals surface area contributed by atoms with Gasteiger partial charge in [0.15, 0.2) is 0 Å². The Morgan fingerprint density at radius 3 is 1.60 bits per heavy atom. The molecule has 0 aliphatic heterocycles. The largest absolute Gasteiger partial charge is 0.0945 e. The molecule has 0 N–H and O–H groups in total. The fourth-order valence-electron chi connectivity index (χ4n) is 5.51. The normalized spacial score (nSPS) is 17.7. The number of hydrogen-bond donors (Lipinski definition) is 0. The molecule has 0 spiro atoms. The van der Waals surface area contributed by atoms with Crippen LogP contribution < -0.4 is 0 Å². The Labute approximate surface area is 217 Å². The Kier molecular flexibility index (Phi) is 13.1. The van der Waals surface area contributed by atoms with Crippen molar-refractivity contribution in [1.82, 2.24) is 0 Å². The highest BCUT2D eigenvalue weighted by atomic mass is 14.2. The van der Waals surface area contributed by atoms with Crippen molar-refractivity contribution in [2.24, 2.45) is 5.92 Å². The Bertz CT molecular complexity index is 853. The predicted molar refractivity (Wildman–Crippen MR) is 154 cm³/mol. The maximum Gasteiger partial charge on any atom is 0.0245 e. The van der Waals surface area contributed by atoms with Crippen LogP contribution in [0, 0.1) is 17.8 Å². The molecule has 1 saturated carbocycles. The summed E-state index contributed by atoms with van der Waals surface area (Å²) in [6.07, 6.45) is 22.5. The topological polar surface area (TPSA) is 0 Å². The number of unbranched alkanes of at least 4 members (excludes halogenated alkanes) is 9. The summed E-state index contributed by atoms with van der Waals surface area (Å²) in [5, 5.41) is 0. The van der Waals surface area contributed by atoms with Gasteiger partial charge in [-0.1, -0.05) is 120 Å². The van der Waals surface area contributed by atoms with Crippen LogP contribution in [0.5, 0.6) is 0 Å². The van der Waals surface area contributed by atoms with Crippen molar-refractivity contribution in [2.45, 2.75) is 129 Å². The zero-order chi connectivity index (χ0) is 24.6. The molecule has 0 radical (unpaired) electrons. The van der Waals surface area contributed by atoms with E-state index in [0.717, 1.165) is 5.92 Å². The average molecular weight is 471 g/mol. The molecule has 0 nitrogen and oxygen atoms in total. The first-order valence-corrected chi connectivity index (χ1v) is 15.0. The number of hydrogen-bond acceptors (Lipinski definition) is 0. The molecular weight excluding hydrogens is 420 g/mol. The van der Waals surface area contributed by atoms with E-state index in [1.807, 2.05) is 0 Å². The first kappa shape index (κ1) is 27.6. The molecule has 0 unspecified atom stereocenters. The van der Waals surface area contributed by atoms with E-state index in [0.29, 0.717) is 5.92 Å². The molecule has 0 heteroatoms. The SMILES string of the molecule is CCCCCCCCc1ccc(C#C[C@H]2CC[C@H](c3ccc(CCCCCCC)cc3)CC2)cc1. The van der Waals surface area contributed by atoms with Crippen LogP contribution in [-0.2, 0) is 12.8 Å². The monoisotopic (exact) mass is 470 g/mol. The average Bonchev–Trinajstić information content (AvgIpc) is 2.91. The third kappa shape index (κ3) is 10.7. The smallest absolute Gasteiger partial charge is 0.0245 e. The molecule has 1 aliphatic carbocycles. The minimum Gasteiger partial charge on any atom is -0.0945 e. The Hall–Kier alpha value is -2.00. The molecule has 0 amide bonds. The molecule has 1 aliphatic rings. The van der Waals surface area contributed by atoms with Gasteiger partial charge in [0.1, 0.15) is 0 Å². The van der Waals surface area contributed by atoms with Gasteiger partial charge < -0.3 is 0 Å². The van der Waals surface area contributed by atoms with Crippen molar-refractivity contribution in [3.8, 4) is 11.8 Å². The van der Waals surface area contributed by atoms with Crippen LogP contribution in [0.4, 0.5) is 0 Å². The van der Waals surface area contributed by atoms with Gasteiger partial charge in [-0.05, 0) is 86.1 Å². The van der Waals surface area contributed by atoms with E-state index in [1.165, 1.54) is 126 Å². The standard InChI is InChI=1S/C35H50/c1-3-5-7-9-11-13-14-30-16-18-32(19-17-30)20-21-33-24-28-35(29-25-33)34-26-22-31(23-27-34)15-12-10-8-6-4-2/h16-19,22-23,26-27,33,35H,3-15,24-25,28-29H2,1-2H3/t33-,35-. The predicted octanol–water partition coefficient (Wildman–Crippen LogP) is 10.4. The molecule has 35 heavy (non-hydrogen) atoms. The van der Waals surface area contributed by atoms with E-state index < -0.39 is 0 Å². The Balaban J connectivity index is 1.36. The second-order valence-electron chi connectivity index (χ2n) is 10.9. The van der Waals surface area contributed by atoms with Crippen molar-refractivity contribution >= 4 is 0 Å². The molecule has 2 aromatic carbocycles. The molecular formula is C35H50. The zero-order valence-corrected chi connectivity index (χ0v) is 22.8. The van der Waals surface area contributed by atoms with Gasteiger partial charge >= 0.3 is 0 Å². The van der Waals surface area contributed by atoms with Crippen molar-refractivity contribution in [3.05, 3.63) is 70.8 Å². The van der Waals surface area contributed by atoms with Gasteiger partial charge in [0.2, 0.25) is 0 Å². The van der Waals surface area contributed by atoms with Crippen LogP contribution in [0.15, 0.2) is 48.5 Å². The number of benzene rings is 2. The maximum atomic E-state index is 3.60. The van der Waals surface area contributed by atoms with E-state index in [2.05, 4.69) is 74.2 Å². The van der Waals surface area contributed by atoms with E-state index in [4.69, 9.17) is 0 Å². The molecule has 1 fully saturated rings. The lowest BCUT2D eigenvalue weighted by molar-refractivity contribution is 0.384. The van der Waals surface area contributed by atoms with Gasteiger partial charge in [-0.3, -0.25) is 0 Å². The summed E-state index contributed by atoms with van der Waals surface area (Å²) in [6, 6.07) is 18.6. The van der Waals surface area contributed by atoms with Gasteiger partial charge in [0.05, 0.1) is 0 Å². The lowest BCUT2D eigenvalue weighted by Crippen LogP contribution is -2.12. The first-order chi connectivity index (χ1) is 17.3. The molecule has 0 heterocycles. The van der Waals surface area contributed by atoms with Crippen molar-refractivity contribution in [3.63, 3.8) is 0 Å². The van der Waals surface area contributed by atoms with E-state index in [9.17, 15) is 0 Å². The molecule has 0 bridgehead atoms. The molecule has 0 aromatic heterocycles. The van der Waals surface area contributed by atoms with E-state index in [1.54, 1.807) is 5.56 Å².